The molecule has 0 radical (unpaired) electrons. The molecular weight excluding hydrogens is 259 g/mol. The molecule has 4 nitrogen and oxygen atoms in total. The quantitative estimate of drug-likeness (QED) is 0.825. The number of aliphatic hydroxyl groups excluding tert-OH is 1. The lowest BCUT2D eigenvalue weighted by atomic mass is 10.1. The van der Waals surface area contributed by atoms with E-state index in [4.69, 9.17) is 11.6 Å². The van der Waals surface area contributed by atoms with Crippen molar-refractivity contribution in [3.05, 3.63) is 29.0 Å². The van der Waals surface area contributed by atoms with Gasteiger partial charge in [0.2, 0.25) is 0 Å². The zero-order chi connectivity index (χ0) is 13.1. The highest BCUT2D eigenvalue weighted by atomic mass is 35.5. The van der Waals surface area contributed by atoms with Crippen molar-refractivity contribution in [2.75, 3.05) is 18.4 Å². The number of hydrogen-bond donors (Lipinski definition) is 2. The van der Waals surface area contributed by atoms with Crippen LogP contribution in [0.1, 0.15) is 12.8 Å². The third-order valence-corrected chi connectivity index (χ3v) is 3.16. The number of carbonyl (C=O) groups is 1. The first kappa shape index (κ1) is 13.1. The van der Waals surface area contributed by atoms with Gasteiger partial charge in [0.25, 0.3) is 0 Å². The maximum Gasteiger partial charge on any atom is 0.321 e. The summed E-state index contributed by atoms with van der Waals surface area (Å²) >= 11 is 5.74. The molecule has 18 heavy (non-hydrogen) atoms. The van der Waals surface area contributed by atoms with Crippen LogP contribution in [0.2, 0.25) is 5.02 Å². The predicted octanol–water partition coefficient (Wildman–Crippen LogP) is 2.47. The van der Waals surface area contributed by atoms with Gasteiger partial charge in [0, 0.05) is 18.1 Å². The molecule has 1 aliphatic rings. The minimum atomic E-state index is -0.523. The van der Waals surface area contributed by atoms with E-state index in [-0.39, 0.29) is 17.8 Å². The summed E-state index contributed by atoms with van der Waals surface area (Å²) in [7, 11) is 0. The van der Waals surface area contributed by atoms with Crippen LogP contribution < -0.4 is 5.32 Å². The highest BCUT2D eigenvalue weighted by Gasteiger charge is 2.21. The molecule has 1 heterocycles. The SMILES string of the molecule is O=C(Nc1cc(Cl)ccc1F)N1CCC(O)CC1. The maximum absolute atomic E-state index is 13.4. The average Bonchev–Trinajstić information content (AvgIpc) is 2.34. The van der Waals surface area contributed by atoms with Crippen molar-refractivity contribution < 1.29 is 14.3 Å². The number of nitrogens with one attached hydrogen (secondary N) is 1. The minimum Gasteiger partial charge on any atom is -0.393 e. The van der Waals surface area contributed by atoms with Crippen molar-refractivity contribution in [3.8, 4) is 0 Å². The number of halogens is 2. The number of benzene rings is 1. The lowest BCUT2D eigenvalue weighted by Gasteiger charge is -2.29. The highest BCUT2D eigenvalue weighted by molar-refractivity contribution is 6.30. The topological polar surface area (TPSA) is 52.6 Å². The van der Waals surface area contributed by atoms with Crippen LogP contribution in [0.3, 0.4) is 0 Å². The predicted molar refractivity (Wildman–Crippen MR) is 67.2 cm³/mol. The normalized spacial score (nSPS) is 16.7. The molecule has 98 valence electrons. The third kappa shape index (κ3) is 3.11. The first-order chi connectivity index (χ1) is 8.56. The van der Waals surface area contributed by atoms with Gasteiger partial charge in [0.1, 0.15) is 5.82 Å². The number of urea groups is 1. The molecule has 1 aromatic rings. The number of carbonyl (C=O) groups excluding carboxylic acids is 1. The van der Waals surface area contributed by atoms with Crippen LogP contribution in [-0.4, -0.2) is 35.2 Å². The third-order valence-electron chi connectivity index (χ3n) is 2.92. The molecule has 2 N–H and O–H groups in total. The number of nitrogens with zero attached hydrogens (tertiary/aromatic N) is 1. The van der Waals surface area contributed by atoms with Crippen LogP contribution in [-0.2, 0) is 0 Å². The fraction of sp³-hybridized carbons (Fsp3) is 0.417. The smallest absolute Gasteiger partial charge is 0.321 e. The molecule has 0 spiro atoms. The summed E-state index contributed by atoms with van der Waals surface area (Å²) in [5, 5.41) is 12.2. The Morgan fingerprint density at radius 3 is 2.78 bits per heavy atom. The van der Waals surface area contributed by atoms with Crippen molar-refractivity contribution in [1.82, 2.24) is 4.90 Å². The lowest BCUT2D eigenvalue weighted by molar-refractivity contribution is 0.0972. The number of piperidine rings is 1. The van der Waals surface area contributed by atoms with E-state index < -0.39 is 5.82 Å². The molecule has 0 bridgehead atoms. The molecule has 1 aromatic carbocycles. The van der Waals surface area contributed by atoms with Gasteiger partial charge >= 0.3 is 6.03 Å². The Morgan fingerprint density at radius 2 is 2.11 bits per heavy atom. The van der Waals surface area contributed by atoms with E-state index in [1.54, 1.807) is 4.90 Å². The van der Waals surface area contributed by atoms with Crippen molar-refractivity contribution in [3.63, 3.8) is 0 Å². The minimum absolute atomic E-state index is 0.0682. The molecule has 0 saturated carbocycles. The maximum atomic E-state index is 13.4. The first-order valence-corrected chi connectivity index (χ1v) is 6.13. The summed E-state index contributed by atoms with van der Waals surface area (Å²) in [4.78, 5) is 13.4. The Bertz CT molecular complexity index is 448. The summed E-state index contributed by atoms with van der Waals surface area (Å²) in [6, 6.07) is 3.62. The van der Waals surface area contributed by atoms with Crippen LogP contribution >= 0.6 is 11.6 Å². The van der Waals surface area contributed by atoms with E-state index in [0.717, 1.165) is 0 Å². The lowest BCUT2D eigenvalue weighted by Crippen LogP contribution is -2.42. The fourth-order valence-electron chi connectivity index (χ4n) is 1.86. The van der Waals surface area contributed by atoms with Crippen LogP contribution in [0.4, 0.5) is 14.9 Å². The monoisotopic (exact) mass is 272 g/mol. The van der Waals surface area contributed by atoms with Crippen LogP contribution in [0.25, 0.3) is 0 Å². The van der Waals surface area contributed by atoms with Gasteiger partial charge in [-0.15, -0.1) is 0 Å². The number of hydrogen-bond acceptors (Lipinski definition) is 2. The number of likely N-dealkylation sites (tertiary alicyclic amines) is 1. The standard InChI is InChI=1S/C12H14ClFN2O2/c13-8-1-2-10(14)11(7-8)15-12(18)16-5-3-9(17)4-6-16/h1-2,7,9,17H,3-6H2,(H,15,18). The Balaban J connectivity index is 2.00. The largest absolute Gasteiger partial charge is 0.393 e. The van der Waals surface area contributed by atoms with Gasteiger partial charge in [-0.2, -0.15) is 0 Å². The molecular formula is C12H14ClFN2O2. The molecule has 0 aliphatic carbocycles. The van der Waals surface area contributed by atoms with E-state index >= 15 is 0 Å². The summed E-state index contributed by atoms with van der Waals surface area (Å²) < 4.78 is 13.4. The van der Waals surface area contributed by atoms with Gasteiger partial charge in [-0.25, -0.2) is 9.18 Å². The first-order valence-electron chi connectivity index (χ1n) is 5.75. The summed E-state index contributed by atoms with van der Waals surface area (Å²) in [5.41, 5.74) is 0.0682. The second-order valence-corrected chi connectivity index (χ2v) is 4.71. The highest BCUT2D eigenvalue weighted by Crippen LogP contribution is 2.20. The van der Waals surface area contributed by atoms with Gasteiger partial charge in [0.15, 0.2) is 0 Å². The summed E-state index contributed by atoms with van der Waals surface area (Å²) in [6.45, 7) is 0.935. The Hall–Kier alpha value is -1.33. The van der Waals surface area contributed by atoms with Crippen LogP contribution in [0, 0.1) is 5.82 Å². The summed E-state index contributed by atoms with van der Waals surface area (Å²) in [6.07, 6.45) is 0.744. The van der Waals surface area contributed by atoms with Gasteiger partial charge in [-0.1, -0.05) is 11.6 Å². The second-order valence-electron chi connectivity index (χ2n) is 4.27. The van der Waals surface area contributed by atoms with Crippen molar-refractivity contribution in [1.29, 1.82) is 0 Å². The van der Waals surface area contributed by atoms with E-state index in [2.05, 4.69) is 5.32 Å². The molecule has 1 fully saturated rings. The molecule has 0 unspecified atom stereocenters. The molecule has 2 rings (SSSR count). The number of rotatable bonds is 1. The van der Waals surface area contributed by atoms with Crippen molar-refractivity contribution in [2.24, 2.45) is 0 Å². The molecule has 1 aliphatic heterocycles. The van der Waals surface area contributed by atoms with Crippen molar-refractivity contribution in [2.45, 2.75) is 18.9 Å². The molecule has 0 atom stereocenters. The van der Waals surface area contributed by atoms with E-state index in [1.807, 2.05) is 0 Å². The van der Waals surface area contributed by atoms with E-state index in [0.29, 0.717) is 31.0 Å². The molecule has 6 heteroatoms. The summed E-state index contributed by atoms with van der Waals surface area (Å²) in [5.74, 6) is -0.523. The fourth-order valence-corrected chi connectivity index (χ4v) is 2.03. The van der Waals surface area contributed by atoms with Gasteiger partial charge < -0.3 is 15.3 Å². The Morgan fingerprint density at radius 1 is 1.44 bits per heavy atom. The zero-order valence-electron chi connectivity index (χ0n) is 9.70. The van der Waals surface area contributed by atoms with E-state index in [1.165, 1.54) is 18.2 Å². The molecule has 0 aromatic heterocycles. The van der Waals surface area contributed by atoms with Gasteiger partial charge in [-0.3, -0.25) is 0 Å². The van der Waals surface area contributed by atoms with Crippen molar-refractivity contribution >= 4 is 23.3 Å². The molecule has 2 amide bonds. The number of aliphatic hydroxyl groups is 1. The van der Waals surface area contributed by atoms with Gasteiger partial charge in [0.05, 0.1) is 11.8 Å². The van der Waals surface area contributed by atoms with Crippen LogP contribution in [0.5, 0.6) is 0 Å². The Kier molecular flexibility index (Phi) is 4.04. The number of anilines is 1. The molecule has 1 saturated heterocycles. The Labute approximate surface area is 109 Å². The van der Waals surface area contributed by atoms with Crippen LogP contribution in [0.15, 0.2) is 18.2 Å². The zero-order valence-corrected chi connectivity index (χ0v) is 10.5. The van der Waals surface area contributed by atoms with Gasteiger partial charge in [-0.05, 0) is 31.0 Å². The van der Waals surface area contributed by atoms with E-state index in [9.17, 15) is 14.3 Å². The second kappa shape index (κ2) is 5.54. The average molecular weight is 273 g/mol. The number of amides is 2.